The topological polar surface area (TPSA) is 64.3 Å². The summed E-state index contributed by atoms with van der Waals surface area (Å²) in [5.74, 6) is -0.141. The number of anilines is 1. The zero-order valence-electron chi connectivity index (χ0n) is 12.3. The number of hydrogen-bond acceptors (Lipinski definition) is 3. The first-order valence-electron chi connectivity index (χ1n) is 7.22. The Hall–Kier alpha value is -2.07. The third-order valence-electron chi connectivity index (χ3n) is 4.45. The van der Waals surface area contributed by atoms with Gasteiger partial charge < -0.3 is 15.8 Å². The zero-order chi connectivity index (χ0) is 15.0. The Morgan fingerprint density at radius 3 is 2.62 bits per heavy atom. The SMILES string of the molecule is CC1OCCC1(C)NC(=O)c1cc2ccccc2cc1N. The Balaban J connectivity index is 1.92. The van der Waals surface area contributed by atoms with E-state index in [4.69, 9.17) is 10.5 Å². The number of carbonyl (C=O) groups excluding carboxylic acids is 1. The molecule has 2 aromatic carbocycles. The van der Waals surface area contributed by atoms with Crippen molar-refractivity contribution in [3.8, 4) is 0 Å². The van der Waals surface area contributed by atoms with Crippen LogP contribution in [0, 0.1) is 0 Å². The van der Waals surface area contributed by atoms with Crippen LogP contribution in [-0.2, 0) is 4.74 Å². The summed E-state index contributed by atoms with van der Waals surface area (Å²) >= 11 is 0. The van der Waals surface area contributed by atoms with E-state index in [0.717, 1.165) is 17.2 Å². The number of carbonyl (C=O) groups is 1. The molecule has 0 bridgehead atoms. The molecular formula is C17H20N2O2. The van der Waals surface area contributed by atoms with Crippen LogP contribution in [0.3, 0.4) is 0 Å². The van der Waals surface area contributed by atoms with Crippen LogP contribution in [-0.4, -0.2) is 24.2 Å². The number of rotatable bonds is 2. The lowest BCUT2D eigenvalue weighted by Gasteiger charge is -2.29. The summed E-state index contributed by atoms with van der Waals surface area (Å²) in [6, 6.07) is 11.6. The van der Waals surface area contributed by atoms with E-state index in [-0.39, 0.29) is 17.6 Å². The fraction of sp³-hybridized carbons (Fsp3) is 0.353. The molecule has 21 heavy (non-hydrogen) atoms. The van der Waals surface area contributed by atoms with Gasteiger partial charge in [0.2, 0.25) is 0 Å². The fourth-order valence-electron chi connectivity index (χ4n) is 2.78. The first-order valence-corrected chi connectivity index (χ1v) is 7.22. The van der Waals surface area contributed by atoms with Gasteiger partial charge in [-0.05, 0) is 43.2 Å². The van der Waals surface area contributed by atoms with Crippen molar-refractivity contribution in [1.82, 2.24) is 5.32 Å². The highest BCUT2D eigenvalue weighted by Gasteiger charge is 2.38. The van der Waals surface area contributed by atoms with Gasteiger partial charge in [-0.1, -0.05) is 24.3 Å². The number of nitrogens with two attached hydrogens (primary N) is 1. The summed E-state index contributed by atoms with van der Waals surface area (Å²) in [6.07, 6.45) is 0.816. The minimum Gasteiger partial charge on any atom is -0.398 e. The Morgan fingerprint density at radius 1 is 1.33 bits per heavy atom. The molecule has 2 unspecified atom stereocenters. The lowest BCUT2D eigenvalue weighted by molar-refractivity contribution is 0.0728. The molecule has 0 aromatic heterocycles. The molecule has 3 rings (SSSR count). The van der Waals surface area contributed by atoms with Crippen molar-refractivity contribution in [1.29, 1.82) is 0 Å². The monoisotopic (exact) mass is 284 g/mol. The number of fused-ring (bicyclic) bond motifs is 1. The Labute approximate surface area is 124 Å². The second kappa shape index (κ2) is 5.04. The zero-order valence-corrected chi connectivity index (χ0v) is 12.3. The van der Waals surface area contributed by atoms with E-state index in [1.54, 1.807) is 0 Å². The summed E-state index contributed by atoms with van der Waals surface area (Å²) in [5, 5.41) is 5.13. The van der Waals surface area contributed by atoms with E-state index in [1.165, 1.54) is 0 Å². The number of amides is 1. The molecule has 3 N–H and O–H groups in total. The molecule has 2 aromatic rings. The predicted octanol–water partition coefficient (Wildman–Crippen LogP) is 2.72. The maximum Gasteiger partial charge on any atom is 0.253 e. The Morgan fingerprint density at radius 2 is 2.00 bits per heavy atom. The molecule has 1 amide bonds. The summed E-state index contributed by atoms with van der Waals surface area (Å²) in [5.41, 5.74) is 6.73. The molecule has 0 radical (unpaired) electrons. The van der Waals surface area contributed by atoms with Crippen LogP contribution in [0.2, 0.25) is 0 Å². The number of nitrogens with one attached hydrogen (secondary N) is 1. The van der Waals surface area contributed by atoms with Crippen molar-refractivity contribution < 1.29 is 9.53 Å². The van der Waals surface area contributed by atoms with Gasteiger partial charge in [-0.15, -0.1) is 0 Å². The summed E-state index contributed by atoms with van der Waals surface area (Å²) < 4.78 is 5.56. The van der Waals surface area contributed by atoms with Crippen LogP contribution >= 0.6 is 0 Å². The first-order chi connectivity index (χ1) is 9.99. The normalized spacial score (nSPS) is 25.1. The second-order valence-corrected chi connectivity index (χ2v) is 5.92. The average Bonchev–Trinajstić information content (AvgIpc) is 2.77. The minimum atomic E-state index is -0.338. The highest BCUT2D eigenvalue weighted by molar-refractivity contribution is 6.04. The molecule has 1 aliphatic rings. The second-order valence-electron chi connectivity index (χ2n) is 5.92. The Kier molecular flexibility index (Phi) is 3.33. The summed E-state index contributed by atoms with van der Waals surface area (Å²) in [7, 11) is 0. The minimum absolute atomic E-state index is 0.00290. The van der Waals surface area contributed by atoms with Crippen LogP contribution in [0.25, 0.3) is 10.8 Å². The van der Waals surface area contributed by atoms with Gasteiger partial charge in [0.1, 0.15) is 0 Å². The molecular weight excluding hydrogens is 264 g/mol. The largest absolute Gasteiger partial charge is 0.398 e. The smallest absolute Gasteiger partial charge is 0.253 e. The highest BCUT2D eigenvalue weighted by Crippen LogP contribution is 2.27. The van der Waals surface area contributed by atoms with Crippen LogP contribution < -0.4 is 11.1 Å². The van der Waals surface area contributed by atoms with Crippen molar-refractivity contribution >= 4 is 22.4 Å². The van der Waals surface area contributed by atoms with Gasteiger partial charge in [0, 0.05) is 12.3 Å². The lowest BCUT2D eigenvalue weighted by Crippen LogP contribution is -2.50. The summed E-state index contributed by atoms with van der Waals surface area (Å²) in [4.78, 5) is 12.6. The van der Waals surface area contributed by atoms with Gasteiger partial charge in [0.05, 0.1) is 17.2 Å². The van der Waals surface area contributed by atoms with Crippen LogP contribution in [0.15, 0.2) is 36.4 Å². The van der Waals surface area contributed by atoms with Gasteiger partial charge in [0.15, 0.2) is 0 Å². The van der Waals surface area contributed by atoms with Gasteiger partial charge in [0.25, 0.3) is 5.91 Å². The van der Waals surface area contributed by atoms with Crippen LogP contribution in [0.1, 0.15) is 30.6 Å². The van der Waals surface area contributed by atoms with E-state index >= 15 is 0 Å². The highest BCUT2D eigenvalue weighted by atomic mass is 16.5. The van der Waals surface area contributed by atoms with Gasteiger partial charge in [-0.3, -0.25) is 4.79 Å². The number of nitrogen functional groups attached to an aromatic ring is 1. The van der Waals surface area contributed by atoms with E-state index in [2.05, 4.69) is 5.32 Å². The molecule has 1 saturated heterocycles. The summed E-state index contributed by atoms with van der Waals surface area (Å²) in [6.45, 7) is 4.67. The molecule has 4 heteroatoms. The van der Waals surface area contributed by atoms with E-state index in [9.17, 15) is 4.79 Å². The number of hydrogen-bond donors (Lipinski definition) is 2. The Bertz CT molecular complexity index is 698. The van der Waals surface area contributed by atoms with Crippen LogP contribution in [0.4, 0.5) is 5.69 Å². The standard InChI is InChI=1S/C17H20N2O2/c1-11-17(2,7-8-21-11)19-16(20)14-9-12-5-3-4-6-13(12)10-15(14)18/h3-6,9-11H,7-8,18H2,1-2H3,(H,19,20). The molecule has 0 aliphatic carbocycles. The molecule has 0 spiro atoms. The van der Waals surface area contributed by atoms with Crippen molar-refractivity contribution in [2.75, 3.05) is 12.3 Å². The average molecular weight is 284 g/mol. The quantitative estimate of drug-likeness (QED) is 0.833. The molecule has 1 aliphatic heterocycles. The van der Waals surface area contributed by atoms with Crippen molar-refractivity contribution in [2.24, 2.45) is 0 Å². The van der Waals surface area contributed by atoms with E-state index in [1.807, 2.05) is 50.2 Å². The predicted molar refractivity (Wildman–Crippen MR) is 84.3 cm³/mol. The third-order valence-corrected chi connectivity index (χ3v) is 4.45. The van der Waals surface area contributed by atoms with E-state index < -0.39 is 0 Å². The van der Waals surface area contributed by atoms with Crippen molar-refractivity contribution in [2.45, 2.75) is 31.9 Å². The van der Waals surface area contributed by atoms with Crippen molar-refractivity contribution in [3.05, 3.63) is 42.0 Å². The fourth-order valence-corrected chi connectivity index (χ4v) is 2.78. The van der Waals surface area contributed by atoms with Crippen LogP contribution in [0.5, 0.6) is 0 Å². The van der Waals surface area contributed by atoms with Gasteiger partial charge in [-0.2, -0.15) is 0 Å². The maximum atomic E-state index is 12.6. The molecule has 1 fully saturated rings. The van der Waals surface area contributed by atoms with E-state index in [0.29, 0.717) is 17.9 Å². The lowest BCUT2D eigenvalue weighted by atomic mass is 9.93. The third kappa shape index (κ3) is 2.47. The molecule has 110 valence electrons. The molecule has 2 atom stereocenters. The van der Waals surface area contributed by atoms with Crippen molar-refractivity contribution in [3.63, 3.8) is 0 Å². The van der Waals surface area contributed by atoms with Gasteiger partial charge in [-0.25, -0.2) is 0 Å². The molecule has 1 heterocycles. The number of ether oxygens (including phenoxy) is 1. The molecule has 4 nitrogen and oxygen atoms in total. The molecule has 0 saturated carbocycles. The maximum absolute atomic E-state index is 12.6. The van der Waals surface area contributed by atoms with Gasteiger partial charge >= 0.3 is 0 Å². The number of benzene rings is 2. The first kappa shape index (κ1) is 13.9.